The number of hydrogen-bond donors (Lipinski definition) is 1. The minimum atomic E-state index is -0.318. The molecule has 116 valence electrons. The molecule has 2 aromatic rings. The van der Waals surface area contributed by atoms with Gasteiger partial charge in [-0.05, 0) is 31.2 Å². The Morgan fingerprint density at radius 3 is 2.41 bits per heavy atom. The van der Waals surface area contributed by atoms with Gasteiger partial charge >= 0.3 is 5.97 Å². The molecular weight excluding hydrogens is 278 g/mol. The minimum Gasteiger partial charge on any atom is -0.460 e. The first-order chi connectivity index (χ1) is 10.8. The predicted octanol–water partition coefficient (Wildman–Crippen LogP) is 3.28. The molecule has 0 saturated heterocycles. The highest BCUT2D eigenvalue weighted by atomic mass is 16.6. The standard InChI is InChI=1S/C18H21NO3/c1-15-7-9-17(10-8-15)19-11-12-21-13-14-22-18(20)16-5-3-2-4-6-16/h2-10,19H,11-14H2,1H3. The van der Waals surface area contributed by atoms with E-state index < -0.39 is 0 Å². The minimum absolute atomic E-state index is 0.262. The molecule has 0 heterocycles. The molecule has 0 atom stereocenters. The predicted molar refractivity (Wildman–Crippen MR) is 87.2 cm³/mol. The molecule has 2 aromatic carbocycles. The van der Waals surface area contributed by atoms with Gasteiger partial charge in [0.05, 0.1) is 18.8 Å². The topological polar surface area (TPSA) is 47.6 Å². The van der Waals surface area contributed by atoms with E-state index in [-0.39, 0.29) is 12.6 Å². The Kier molecular flexibility index (Phi) is 6.45. The molecule has 0 unspecified atom stereocenters. The Bertz CT molecular complexity index is 567. The molecule has 2 rings (SSSR count). The lowest BCUT2D eigenvalue weighted by Gasteiger charge is -2.08. The van der Waals surface area contributed by atoms with Gasteiger partial charge in [-0.2, -0.15) is 0 Å². The van der Waals surface area contributed by atoms with Gasteiger partial charge in [-0.25, -0.2) is 4.79 Å². The van der Waals surface area contributed by atoms with Gasteiger partial charge in [0.15, 0.2) is 0 Å². The second kappa shape index (κ2) is 8.85. The molecule has 0 fully saturated rings. The van der Waals surface area contributed by atoms with Crippen molar-refractivity contribution in [2.75, 3.05) is 31.7 Å². The van der Waals surface area contributed by atoms with Crippen molar-refractivity contribution >= 4 is 11.7 Å². The average molecular weight is 299 g/mol. The lowest BCUT2D eigenvalue weighted by molar-refractivity contribution is 0.0331. The van der Waals surface area contributed by atoms with E-state index in [1.165, 1.54) is 5.56 Å². The smallest absolute Gasteiger partial charge is 0.338 e. The van der Waals surface area contributed by atoms with Crippen molar-refractivity contribution < 1.29 is 14.3 Å². The van der Waals surface area contributed by atoms with Crippen LogP contribution in [0.15, 0.2) is 54.6 Å². The molecule has 0 radical (unpaired) electrons. The monoisotopic (exact) mass is 299 g/mol. The van der Waals surface area contributed by atoms with Gasteiger partial charge in [-0.3, -0.25) is 0 Å². The van der Waals surface area contributed by atoms with E-state index in [4.69, 9.17) is 9.47 Å². The van der Waals surface area contributed by atoms with Crippen LogP contribution in [-0.4, -0.2) is 32.3 Å². The number of carbonyl (C=O) groups excluding carboxylic acids is 1. The molecule has 22 heavy (non-hydrogen) atoms. The molecular formula is C18H21NO3. The number of esters is 1. The molecule has 0 spiro atoms. The van der Waals surface area contributed by atoms with Crippen molar-refractivity contribution in [2.24, 2.45) is 0 Å². The van der Waals surface area contributed by atoms with E-state index >= 15 is 0 Å². The van der Waals surface area contributed by atoms with Crippen LogP contribution >= 0.6 is 0 Å². The average Bonchev–Trinajstić information content (AvgIpc) is 2.56. The van der Waals surface area contributed by atoms with Crippen molar-refractivity contribution in [3.63, 3.8) is 0 Å². The van der Waals surface area contributed by atoms with E-state index in [2.05, 4.69) is 24.4 Å². The van der Waals surface area contributed by atoms with Crippen molar-refractivity contribution in [3.8, 4) is 0 Å². The Morgan fingerprint density at radius 1 is 0.955 bits per heavy atom. The Morgan fingerprint density at radius 2 is 1.68 bits per heavy atom. The summed E-state index contributed by atoms with van der Waals surface area (Å²) in [5.41, 5.74) is 2.87. The number of anilines is 1. The van der Waals surface area contributed by atoms with E-state index in [9.17, 15) is 4.79 Å². The van der Waals surface area contributed by atoms with Crippen LogP contribution in [0.2, 0.25) is 0 Å². The first-order valence-corrected chi connectivity index (χ1v) is 7.36. The van der Waals surface area contributed by atoms with Crippen LogP contribution in [0.3, 0.4) is 0 Å². The van der Waals surface area contributed by atoms with Gasteiger partial charge in [0.1, 0.15) is 6.61 Å². The zero-order valence-corrected chi connectivity index (χ0v) is 12.7. The highest BCUT2D eigenvalue weighted by Crippen LogP contribution is 2.07. The summed E-state index contributed by atoms with van der Waals surface area (Å²) >= 11 is 0. The second-order valence-electron chi connectivity index (χ2n) is 4.91. The third-order valence-electron chi connectivity index (χ3n) is 3.10. The molecule has 0 aromatic heterocycles. The van der Waals surface area contributed by atoms with E-state index in [0.717, 1.165) is 12.2 Å². The summed E-state index contributed by atoms with van der Waals surface area (Å²) in [5.74, 6) is -0.318. The van der Waals surface area contributed by atoms with Crippen LogP contribution in [-0.2, 0) is 9.47 Å². The Labute approximate surface area is 131 Å². The van der Waals surface area contributed by atoms with E-state index in [1.54, 1.807) is 12.1 Å². The maximum atomic E-state index is 11.7. The van der Waals surface area contributed by atoms with Gasteiger partial charge in [0.2, 0.25) is 0 Å². The van der Waals surface area contributed by atoms with Crippen LogP contribution in [0.4, 0.5) is 5.69 Å². The molecule has 0 aliphatic heterocycles. The fraction of sp³-hybridized carbons (Fsp3) is 0.278. The highest BCUT2D eigenvalue weighted by molar-refractivity contribution is 5.89. The maximum Gasteiger partial charge on any atom is 0.338 e. The van der Waals surface area contributed by atoms with Crippen molar-refractivity contribution in [3.05, 3.63) is 65.7 Å². The molecule has 0 amide bonds. The van der Waals surface area contributed by atoms with Gasteiger partial charge in [0, 0.05) is 12.2 Å². The first kappa shape index (κ1) is 16.0. The number of nitrogens with one attached hydrogen (secondary N) is 1. The van der Waals surface area contributed by atoms with E-state index in [0.29, 0.717) is 18.8 Å². The van der Waals surface area contributed by atoms with Crippen LogP contribution in [0.5, 0.6) is 0 Å². The molecule has 0 saturated carbocycles. The summed E-state index contributed by atoms with van der Waals surface area (Å²) < 4.78 is 10.5. The number of benzene rings is 2. The second-order valence-corrected chi connectivity index (χ2v) is 4.91. The fourth-order valence-corrected chi connectivity index (χ4v) is 1.89. The molecule has 0 aliphatic rings. The number of rotatable bonds is 8. The molecule has 4 nitrogen and oxygen atoms in total. The summed E-state index contributed by atoms with van der Waals surface area (Å²) in [5, 5.41) is 3.26. The third kappa shape index (κ3) is 5.58. The Balaban J connectivity index is 1.52. The van der Waals surface area contributed by atoms with E-state index in [1.807, 2.05) is 30.3 Å². The van der Waals surface area contributed by atoms with Gasteiger partial charge < -0.3 is 14.8 Å². The summed E-state index contributed by atoms with van der Waals surface area (Å²) in [6.07, 6.45) is 0. The first-order valence-electron chi connectivity index (χ1n) is 7.36. The Hall–Kier alpha value is -2.33. The number of aryl methyl sites for hydroxylation is 1. The van der Waals surface area contributed by atoms with Crippen molar-refractivity contribution in [2.45, 2.75) is 6.92 Å². The number of ether oxygens (including phenoxy) is 2. The lowest BCUT2D eigenvalue weighted by Crippen LogP contribution is -2.14. The fourth-order valence-electron chi connectivity index (χ4n) is 1.89. The normalized spacial score (nSPS) is 10.2. The molecule has 0 aliphatic carbocycles. The SMILES string of the molecule is Cc1ccc(NCCOCCOC(=O)c2ccccc2)cc1. The zero-order chi connectivity index (χ0) is 15.6. The molecule has 0 bridgehead atoms. The van der Waals surface area contributed by atoms with Crippen LogP contribution < -0.4 is 5.32 Å². The zero-order valence-electron chi connectivity index (χ0n) is 12.7. The third-order valence-corrected chi connectivity index (χ3v) is 3.10. The van der Waals surface area contributed by atoms with Crippen LogP contribution in [0.25, 0.3) is 0 Å². The van der Waals surface area contributed by atoms with Crippen LogP contribution in [0, 0.1) is 6.92 Å². The summed E-state index contributed by atoms with van der Waals surface area (Å²) in [6.45, 7) is 4.00. The van der Waals surface area contributed by atoms with Crippen molar-refractivity contribution in [1.29, 1.82) is 0 Å². The van der Waals surface area contributed by atoms with Crippen LogP contribution in [0.1, 0.15) is 15.9 Å². The molecule has 4 heteroatoms. The maximum absolute atomic E-state index is 11.7. The quantitative estimate of drug-likeness (QED) is 0.600. The highest BCUT2D eigenvalue weighted by Gasteiger charge is 2.04. The van der Waals surface area contributed by atoms with Gasteiger partial charge in [-0.1, -0.05) is 35.9 Å². The summed E-state index contributed by atoms with van der Waals surface area (Å²) in [4.78, 5) is 11.7. The molecule has 1 N–H and O–H groups in total. The van der Waals surface area contributed by atoms with Gasteiger partial charge in [0.25, 0.3) is 0 Å². The van der Waals surface area contributed by atoms with Crippen molar-refractivity contribution in [1.82, 2.24) is 0 Å². The number of carbonyl (C=O) groups is 1. The lowest BCUT2D eigenvalue weighted by atomic mass is 10.2. The number of hydrogen-bond acceptors (Lipinski definition) is 4. The summed E-state index contributed by atoms with van der Waals surface area (Å²) in [7, 11) is 0. The van der Waals surface area contributed by atoms with Gasteiger partial charge in [-0.15, -0.1) is 0 Å². The largest absolute Gasteiger partial charge is 0.460 e. The summed E-state index contributed by atoms with van der Waals surface area (Å²) in [6, 6.07) is 17.1.